The number of benzene rings is 2. The molecule has 0 bridgehead atoms. The Morgan fingerprint density at radius 1 is 1.07 bits per heavy atom. The van der Waals surface area contributed by atoms with E-state index in [1.807, 2.05) is 48.5 Å². The third-order valence-corrected chi connectivity index (χ3v) is 6.11. The Balaban J connectivity index is 1.45. The molecule has 1 aromatic heterocycles. The largest absolute Gasteiger partial charge is 0.490 e. The predicted molar refractivity (Wildman–Crippen MR) is 118 cm³/mol. The first kappa shape index (κ1) is 19.2. The molecule has 5 rings (SSSR count). The first-order valence-electron chi connectivity index (χ1n) is 10.5. The van der Waals surface area contributed by atoms with E-state index in [0.29, 0.717) is 22.8 Å². The minimum absolute atomic E-state index is 0.346. The molecule has 30 heavy (non-hydrogen) atoms. The third kappa shape index (κ3) is 3.94. The molecule has 6 nitrogen and oxygen atoms in total. The second-order valence-electron chi connectivity index (χ2n) is 7.46. The Morgan fingerprint density at radius 3 is 2.67 bits per heavy atom. The number of fused-ring (bicyclic) bond motifs is 3. The number of para-hydroxylation sites is 1. The number of hydrogen-bond acceptors (Lipinski definition) is 7. The Labute approximate surface area is 180 Å². The fraction of sp³-hybridized carbons (Fsp3) is 0.348. The second kappa shape index (κ2) is 8.52. The average molecular weight is 421 g/mol. The predicted octanol–water partition coefficient (Wildman–Crippen LogP) is 5.48. The second-order valence-corrected chi connectivity index (χ2v) is 8.69. The molecule has 154 valence electrons. The van der Waals surface area contributed by atoms with Gasteiger partial charge >= 0.3 is 0 Å². The number of ether oxygens (including phenoxy) is 2. The molecular formula is C23H24N4O2S. The molecule has 1 atom stereocenters. The van der Waals surface area contributed by atoms with E-state index in [1.54, 1.807) is 11.8 Å². The molecule has 0 radical (unpaired) electrons. The molecule has 2 aliphatic rings. The van der Waals surface area contributed by atoms with Crippen LogP contribution in [0, 0.1) is 0 Å². The molecule has 0 saturated heterocycles. The lowest BCUT2D eigenvalue weighted by atomic mass is 10.1. The lowest BCUT2D eigenvalue weighted by Gasteiger charge is -2.20. The van der Waals surface area contributed by atoms with Gasteiger partial charge in [0.25, 0.3) is 0 Å². The van der Waals surface area contributed by atoms with Crippen molar-refractivity contribution >= 4 is 17.4 Å². The van der Waals surface area contributed by atoms with Gasteiger partial charge in [-0.25, -0.2) is 0 Å². The zero-order valence-electron chi connectivity index (χ0n) is 16.9. The van der Waals surface area contributed by atoms with Gasteiger partial charge in [-0.3, -0.25) is 0 Å². The molecule has 3 aromatic rings. The van der Waals surface area contributed by atoms with Gasteiger partial charge in [0.1, 0.15) is 5.75 Å². The first-order chi connectivity index (χ1) is 14.8. The number of aromatic nitrogens is 3. The smallest absolute Gasteiger partial charge is 0.247 e. The van der Waals surface area contributed by atoms with Gasteiger partial charge in [-0.05, 0) is 61.8 Å². The van der Waals surface area contributed by atoms with Crippen LogP contribution in [-0.4, -0.2) is 27.0 Å². The minimum atomic E-state index is -0.385. The van der Waals surface area contributed by atoms with Gasteiger partial charge in [-0.15, -0.1) is 10.2 Å². The molecule has 2 aromatic carbocycles. The van der Waals surface area contributed by atoms with Crippen molar-refractivity contribution in [1.29, 1.82) is 0 Å². The maximum absolute atomic E-state index is 6.31. The Bertz CT molecular complexity index is 1020. The number of thioether (sulfide) groups is 1. The van der Waals surface area contributed by atoms with Crippen molar-refractivity contribution in [3.63, 3.8) is 0 Å². The maximum atomic E-state index is 6.31. The number of nitrogens with one attached hydrogen (secondary N) is 1. The summed E-state index contributed by atoms with van der Waals surface area (Å²) in [5.74, 6) is 2.28. The number of rotatable bonds is 5. The fourth-order valence-electron chi connectivity index (χ4n) is 3.91. The van der Waals surface area contributed by atoms with E-state index in [-0.39, 0.29) is 6.23 Å². The SMILES string of the molecule is CCSc1nnc2c(n1)O[C@@H](c1ccc(OC3CCCC3)cc1)Nc1ccccc1-2. The van der Waals surface area contributed by atoms with Gasteiger partial charge < -0.3 is 14.8 Å². The molecule has 1 aliphatic heterocycles. The number of anilines is 1. The van der Waals surface area contributed by atoms with Crippen molar-refractivity contribution in [2.24, 2.45) is 0 Å². The van der Waals surface area contributed by atoms with Crippen LogP contribution < -0.4 is 14.8 Å². The highest BCUT2D eigenvalue weighted by Crippen LogP contribution is 2.39. The van der Waals surface area contributed by atoms with Crippen LogP contribution in [0.3, 0.4) is 0 Å². The van der Waals surface area contributed by atoms with Crippen LogP contribution in [0.4, 0.5) is 5.69 Å². The van der Waals surface area contributed by atoms with Gasteiger partial charge in [0.15, 0.2) is 11.9 Å². The summed E-state index contributed by atoms with van der Waals surface area (Å²) < 4.78 is 12.4. The molecule has 1 N–H and O–H groups in total. The van der Waals surface area contributed by atoms with Crippen LogP contribution in [0.2, 0.25) is 0 Å². The molecule has 7 heteroatoms. The normalized spacial score (nSPS) is 18.0. The van der Waals surface area contributed by atoms with Crippen molar-refractivity contribution in [3.05, 3.63) is 54.1 Å². The van der Waals surface area contributed by atoms with Gasteiger partial charge in [-0.2, -0.15) is 4.98 Å². The number of hydrogen-bond donors (Lipinski definition) is 1. The summed E-state index contributed by atoms with van der Waals surface area (Å²) in [4.78, 5) is 4.63. The van der Waals surface area contributed by atoms with Gasteiger partial charge in [0.2, 0.25) is 11.0 Å². The van der Waals surface area contributed by atoms with E-state index in [9.17, 15) is 0 Å². The van der Waals surface area contributed by atoms with Crippen molar-refractivity contribution < 1.29 is 9.47 Å². The lowest BCUT2D eigenvalue weighted by molar-refractivity contribution is 0.209. The molecule has 1 aliphatic carbocycles. The van der Waals surface area contributed by atoms with E-state index >= 15 is 0 Å². The van der Waals surface area contributed by atoms with Gasteiger partial charge in [0.05, 0.1) is 6.10 Å². The summed E-state index contributed by atoms with van der Waals surface area (Å²) in [5.41, 5.74) is 3.53. The lowest BCUT2D eigenvalue weighted by Crippen LogP contribution is -2.17. The Hall–Kier alpha value is -2.80. The minimum Gasteiger partial charge on any atom is -0.490 e. The van der Waals surface area contributed by atoms with Gasteiger partial charge in [0, 0.05) is 16.8 Å². The number of nitrogens with zero attached hydrogens (tertiary/aromatic N) is 3. The van der Waals surface area contributed by atoms with Crippen LogP contribution >= 0.6 is 11.8 Å². The van der Waals surface area contributed by atoms with E-state index < -0.39 is 0 Å². The molecule has 0 unspecified atom stereocenters. The van der Waals surface area contributed by atoms with Crippen LogP contribution in [-0.2, 0) is 0 Å². The topological polar surface area (TPSA) is 69.2 Å². The Morgan fingerprint density at radius 2 is 1.87 bits per heavy atom. The van der Waals surface area contributed by atoms with E-state index in [1.165, 1.54) is 12.8 Å². The van der Waals surface area contributed by atoms with E-state index in [2.05, 4.69) is 27.4 Å². The standard InChI is InChI=1S/C23H24N4O2S/c1-2-30-23-25-22-20(26-27-23)18-9-5-6-10-19(18)24-21(29-22)15-11-13-17(14-12-15)28-16-7-3-4-8-16/h5-6,9-14,16,21,24H,2-4,7-8H2,1H3/t21-/m0/s1. The first-order valence-corrected chi connectivity index (χ1v) is 11.5. The summed E-state index contributed by atoms with van der Waals surface area (Å²) in [7, 11) is 0. The molecular weight excluding hydrogens is 396 g/mol. The van der Waals surface area contributed by atoms with Crippen molar-refractivity contribution in [3.8, 4) is 22.9 Å². The summed E-state index contributed by atoms with van der Waals surface area (Å²) in [6.45, 7) is 2.06. The highest BCUT2D eigenvalue weighted by Gasteiger charge is 2.26. The zero-order chi connectivity index (χ0) is 20.3. The van der Waals surface area contributed by atoms with Crippen molar-refractivity contribution in [2.75, 3.05) is 11.1 Å². The van der Waals surface area contributed by atoms with E-state index in [0.717, 1.165) is 41.2 Å². The molecule has 1 saturated carbocycles. The van der Waals surface area contributed by atoms with E-state index in [4.69, 9.17) is 9.47 Å². The maximum Gasteiger partial charge on any atom is 0.247 e. The summed E-state index contributed by atoms with van der Waals surface area (Å²) in [6, 6.07) is 16.1. The highest BCUT2D eigenvalue weighted by molar-refractivity contribution is 7.99. The summed E-state index contributed by atoms with van der Waals surface area (Å²) in [5, 5.41) is 12.8. The van der Waals surface area contributed by atoms with Crippen molar-refractivity contribution in [2.45, 2.75) is 50.1 Å². The molecule has 2 heterocycles. The summed E-state index contributed by atoms with van der Waals surface area (Å²) in [6.07, 6.45) is 4.77. The molecule has 1 fully saturated rings. The molecule has 0 amide bonds. The third-order valence-electron chi connectivity index (χ3n) is 5.39. The van der Waals surface area contributed by atoms with Gasteiger partial charge in [-0.1, -0.05) is 36.9 Å². The monoisotopic (exact) mass is 420 g/mol. The van der Waals surface area contributed by atoms with Crippen LogP contribution in [0.5, 0.6) is 11.6 Å². The zero-order valence-corrected chi connectivity index (χ0v) is 17.7. The highest BCUT2D eigenvalue weighted by atomic mass is 32.2. The fourth-order valence-corrected chi connectivity index (χ4v) is 4.41. The molecule has 0 spiro atoms. The summed E-state index contributed by atoms with van der Waals surface area (Å²) >= 11 is 1.55. The van der Waals surface area contributed by atoms with Crippen LogP contribution in [0.15, 0.2) is 53.7 Å². The Kier molecular flexibility index (Phi) is 5.45. The quantitative estimate of drug-likeness (QED) is 0.549. The van der Waals surface area contributed by atoms with Crippen molar-refractivity contribution in [1.82, 2.24) is 15.2 Å². The van der Waals surface area contributed by atoms with Crippen LogP contribution in [0.1, 0.15) is 44.4 Å². The van der Waals surface area contributed by atoms with Crippen LogP contribution in [0.25, 0.3) is 11.3 Å². The average Bonchev–Trinajstić information content (AvgIpc) is 3.22.